The Labute approximate surface area is 175 Å². The highest BCUT2D eigenvalue weighted by molar-refractivity contribution is 7.92. The molecule has 0 saturated carbocycles. The third-order valence-corrected chi connectivity index (χ3v) is 7.20. The number of para-hydroxylation sites is 1. The van der Waals surface area contributed by atoms with Crippen LogP contribution in [0.25, 0.3) is 0 Å². The maximum absolute atomic E-state index is 13.2. The largest absolute Gasteiger partial charge is 0.369 e. The zero-order valence-corrected chi connectivity index (χ0v) is 17.4. The predicted molar refractivity (Wildman–Crippen MR) is 114 cm³/mol. The Balaban J connectivity index is 1.95. The van der Waals surface area contributed by atoms with Crippen LogP contribution < -0.4 is 14.9 Å². The number of anilines is 2. The number of amides is 1. The molecule has 2 aromatic carbocycles. The second kappa shape index (κ2) is 8.70. The summed E-state index contributed by atoms with van der Waals surface area (Å²) in [6.07, 6.45) is 1.01. The summed E-state index contributed by atoms with van der Waals surface area (Å²) in [6, 6.07) is 12.6. The SMILES string of the molecule is CCN(c1ccccc1)S(=O)(=O)c1ccc(N2CCC(C(N)=O)CC2)c([N+](=O)[O-])c1. The Hall–Kier alpha value is -3.14. The third kappa shape index (κ3) is 4.23. The molecule has 0 radical (unpaired) electrons. The monoisotopic (exact) mass is 432 g/mol. The smallest absolute Gasteiger partial charge is 0.293 e. The summed E-state index contributed by atoms with van der Waals surface area (Å²) in [6.45, 7) is 2.76. The van der Waals surface area contributed by atoms with Crippen molar-refractivity contribution in [1.82, 2.24) is 0 Å². The van der Waals surface area contributed by atoms with Crippen molar-refractivity contribution in [1.29, 1.82) is 0 Å². The van der Waals surface area contributed by atoms with E-state index in [4.69, 9.17) is 5.73 Å². The number of nitro groups is 1. The number of primary amides is 1. The second-order valence-corrected chi connectivity index (χ2v) is 8.94. The molecular formula is C20H24N4O5S. The van der Waals surface area contributed by atoms with Crippen LogP contribution in [0.15, 0.2) is 53.4 Å². The Bertz CT molecular complexity index is 1030. The number of carbonyl (C=O) groups excluding carboxylic acids is 1. The van der Waals surface area contributed by atoms with E-state index < -0.39 is 14.9 Å². The standard InChI is InChI=1S/C20H24N4O5S/c1-2-23(16-6-4-3-5-7-16)30(28,29)17-8-9-18(19(14-17)24(26)27)22-12-10-15(11-13-22)20(21)25/h3-9,14-15H,2,10-13H2,1H3,(H2,21,25). The van der Waals surface area contributed by atoms with Crippen molar-refractivity contribution in [2.24, 2.45) is 11.7 Å². The molecule has 0 aromatic heterocycles. The molecule has 0 unspecified atom stereocenters. The maximum atomic E-state index is 13.2. The van der Waals surface area contributed by atoms with E-state index in [-0.39, 0.29) is 29.0 Å². The lowest BCUT2D eigenvalue weighted by atomic mass is 9.96. The Morgan fingerprint density at radius 2 is 1.83 bits per heavy atom. The summed E-state index contributed by atoms with van der Waals surface area (Å²) in [5, 5.41) is 11.7. The van der Waals surface area contributed by atoms with Gasteiger partial charge in [0.2, 0.25) is 5.91 Å². The lowest BCUT2D eigenvalue weighted by molar-refractivity contribution is -0.384. The fraction of sp³-hybridized carbons (Fsp3) is 0.350. The molecule has 30 heavy (non-hydrogen) atoms. The average molecular weight is 433 g/mol. The highest BCUT2D eigenvalue weighted by Gasteiger charge is 2.30. The van der Waals surface area contributed by atoms with Crippen LogP contribution in [0.5, 0.6) is 0 Å². The van der Waals surface area contributed by atoms with Gasteiger partial charge < -0.3 is 10.6 Å². The molecule has 0 atom stereocenters. The van der Waals surface area contributed by atoms with Gasteiger partial charge in [-0.25, -0.2) is 8.42 Å². The number of rotatable bonds is 7. The minimum absolute atomic E-state index is 0.143. The van der Waals surface area contributed by atoms with Gasteiger partial charge in [0.15, 0.2) is 0 Å². The van der Waals surface area contributed by atoms with Gasteiger partial charge in [-0.2, -0.15) is 0 Å². The summed E-state index contributed by atoms with van der Waals surface area (Å²) >= 11 is 0. The highest BCUT2D eigenvalue weighted by atomic mass is 32.2. The van der Waals surface area contributed by atoms with Crippen molar-refractivity contribution < 1.29 is 18.1 Å². The summed E-state index contributed by atoms with van der Waals surface area (Å²) in [5.74, 6) is -0.616. The van der Waals surface area contributed by atoms with Crippen molar-refractivity contribution in [3.8, 4) is 0 Å². The van der Waals surface area contributed by atoms with Crippen LogP contribution in [0, 0.1) is 16.0 Å². The average Bonchev–Trinajstić information content (AvgIpc) is 2.74. The Morgan fingerprint density at radius 1 is 1.20 bits per heavy atom. The quantitative estimate of drug-likeness (QED) is 0.529. The molecular weight excluding hydrogens is 408 g/mol. The molecule has 2 aromatic rings. The normalized spacial score (nSPS) is 15.0. The lowest BCUT2D eigenvalue weighted by Gasteiger charge is -2.32. The van der Waals surface area contributed by atoms with E-state index in [0.29, 0.717) is 37.3 Å². The van der Waals surface area contributed by atoms with Gasteiger partial charge in [-0.3, -0.25) is 19.2 Å². The summed E-state index contributed by atoms with van der Waals surface area (Å²) < 4.78 is 27.6. The van der Waals surface area contributed by atoms with E-state index >= 15 is 0 Å². The summed E-state index contributed by atoms with van der Waals surface area (Å²) in [4.78, 5) is 24.2. The number of nitrogens with two attached hydrogens (primary N) is 1. The molecule has 2 N–H and O–H groups in total. The van der Waals surface area contributed by atoms with Gasteiger partial charge in [0.1, 0.15) is 5.69 Å². The Morgan fingerprint density at radius 3 is 2.37 bits per heavy atom. The van der Waals surface area contributed by atoms with E-state index in [1.54, 1.807) is 42.2 Å². The van der Waals surface area contributed by atoms with Crippen molar-refractivity contribution in [2.75, 3.05) is 28.8 Å². The number of hydrogen-bond acceptors (Lipinski definition) is 6. The summed E-state index contributed by atoms with van der Waals surface area (Å²) in [7, 11) is -3.98. The number of benzene rings is 2. The molecule has 1 saturated heterocycles. The molecule has 1 aliphatic heterocycles. The van der Waals surface area contributed by atoms with E-state index in [2.05, 4.69) is 0 Å². The number of sulfonamides is 1. The molecule has 10 heteroatoms. The molecule has 160 valence electrons. The van der Waals surface area contributed by atoms with Crippen LogP contribution in [0.2, 0.25) is 0 Å². The van der Waals surface area contributed by atoms with Crippen molar-refractivity contribution >= 4 is 33.0 Å². The van der Waals surface area contributed by atoms with Crippen LogP contribution >= 0.6 is 0 Å². The lowest BCUT2D eigenvalue weighted by Crippen LogP contribution is -2.38. The van der Waals surface area contributed by atoms with Crippen LogP contribution in [0.1, 0.15) is 19.8 Å². The topological polar surface area (TPSA) is 127 Å². The number of nitro benzene ring substituents is 1. The second-order valence-electron chi connectivity index (χ2n) is 7.08. The van der Waals surface area contributed by atoms with Crippen molar-refractivity contribution in [2.45, 2.75) is 24.7 Å². The van der Waals surface area contributed by atoms with E-state index in [9.17, 15) is 23.3 Å². The van der Waals surface area contributed by atoms with Crippen molar-refractivity contribution in [3.05, 3.63) is 58.6 Å². The van der Waals surface area contributed by atoms with E-state index in [0.717, 1.165) is 6.07 Å². The van der Waals surface area contributed by atoms with Crippen LogP contribution in [-0.4, -0.2) is 38.9 Å². The fourth-order valence-corrected chi connectivity index (χ4v) is 5.19. The van der Waals surface area contributed by atoms with E-state index in [1.807, 2.05) is 0 Å². The van der Waals surface area contributed by atoms with Gasteiger partial charge in [0.05, 0.1) is 15.5 Å². The first kappa shape index (κ1) is 21.6. The molecule has 0 bridgehead atoms. The van der Waals surface area contributed by atoms with Gasteiger partial charge in [0, 0.05) is 31.6 Å². The molecule has 1 heterocycles. The minimum atomic E-state index is -3.98. The molecule has 3 rings (SSSR count). The van der Waals surface area contributed by atoms with Crippen LogP contribution in [0.4, 0.5) is 17.1 Å². The molecule has 1 amide bonds. The molecule has 9 nitrogen and oxygen atoms in total. The minimum Gasteiger partial charge on any atom is -0.369 e. The van der Waals surface area contributed by atoms with E-state index in [1.165, 1.54) is 16.4 Å². The molecule has 1 fully saturated rings. The van der Waals surface area contributed by atoms with Crippen LogP contribution in [-0.2, 0) is 14.8 Å². The summed E-state index contributed by atoms with van der Waals surface area (Å²) in [5.41, 5.74) is 5.89. The molecule has 1 aliphatic rings. The fourth-order valence-electron chi connectivity index (χ4n) is 3.70. The zero-order chi connectivity index (χ0) is 21.9. The number of nitrogens with zero attached hydrogens (tertiary/aromatic N) is 3. The third-order valence-electron chi connectivity index (χ3n) is 5.30. The number of hydrogen-bond donors (Lipinski definition) is 1. The zero-order valence-electron chi connectivity index (χ0n) is 16.6. The van der Waals surface area contributed by atoms with Gasteiger partial charge in [-0.05, 0) is 44.0 Å². The number of piperidine rings is 1. The highest BCUT2D eigenvalue weighted by Crippen LogP contribution is 2.35. The first-order valence-electron chi connectivity index (χ1n) is 9.66. The van der Waals surface area contributed by atoms with Crippen LogP contribution in [0.3, 0.4) is 0 Å². The van der Waals surface area contributed by atoms with Gasteiger partial charge in [-0.15, -0.1) is 0 Å². The molecule has 0 spiro atoms. The Kier molecular flexibility index (Phi) is 6.25. The number of carbonyl (C=O) groups is 1. The van der Waals surface area contributed by atoms with Gasteiger partial charge in [0.25, 0.3) is 15.7 Å². The maximum Gasteiger partial charge on any atom is 0.293 e. The molecule has 0 aliphatic carbocycles. The van der Waals surface area contributed by atoms with Gasteiger partial charge >= 0.3 is 0 Å². The van der Waals surface area contributed by atoms with Crippen molar-refractivity contribution in [3.63, 3.8) is 0 Å². The first-order chi connectivity index (χ1) is 14.3. The van der Waals surface area contributed by atoms with Gasteiger partial charge in [-0.1, -0.05) is 18.2 Å². The predicted octanol–water partition coefficient (Wildman–Crippen LogP) is 2.51. The first-order valence-corrected chi connectivity index (χ1v) is 11.1.